The third-order valence-electron chi connectivity index (χ3n) is 6.11. The molecule has 27 heavy (non-hydrogen) atoms. The predicted octanol–water partition coefficient (Wildman–Crippen LogP) is 4.05. The number of aromatic nitrogens is 1. The number of fused-ring (bicyclic) bond motifs is 3. The van der Waals surface area contributed by atoms with E-state index in [0.717, 1.165) is 41.4 Å². The van der Waals surface area contributed by atoms with Crippen molar-refractivity contribution in [3.8, 4) is 0 Å². The minimum Gasteiger partial charge on any atom is -0.358 e. The Morgan fingerprint density at radius 3 is 2.48 bits per heavy atom. The summed E-state index contributed by atoms with van der Waals surface area (Å²) in [5, 5.41) is 0.856. The first-order chi connectivity index (χ1) is 12.6. The number of Topliss-reactive ketones (excluding diaryl/α,β-unsaturated/α-hetero) is 1. The highest BCUT2D eigenvalue weighted by Gasteiger charge is 2.35. The third kappa shape index (κ3) is 3.13. The number of piperidine rings is 1. The Labute approximate surface area is 161 Å². The lowest BCUT2D eigenvalue weighted by Gasteiger charge is -2.30. The van der Waals surface area contributed by atoms with Crippen molar-refractivity contribution >= 4 is 26.7 Å². The third-order valence-corrected chi connectivity index (χ3v) is 8.15. The highest BCUT2D eigenvalue weighted by atomic mass is 32.2. The molecule has 0 atom stereocenters. The summed E-state index contributed by atoms with van der Waals surface area (Å²) in [7, 11) is -3.52. The lowest BCUT2D eigenvalue weighted by molar-refractivity contribution is 0.0913. The molecule has 0 bridgehead atoms. The summed E-state index contributed by atoms with van der Waals surface area (Å²) in [6.07, 6.45) is 3.13. The Morgan fingerprint density at radius 2 is 1.81 bits per heavy atom. The van der Waals surface area contributed by atoms with Crippen molar-refractivity contribution in [3.05, 3.63) is 29.0 Å². The average Bonchev–Trinajstić information content (AvgIpc) is 2.90. The van der Waals surface area contributed by atoms with E-state index in [2.05, 4.69) is 25.8 Å². The van der Waals surface area contributed by atoms with E-state index in [-0.39, 0.29) is 11.2 Å². The van der Waals surface area contributed by atoms with Crippen LogP contribution in [-0.4, -0.2) is 36.6 Å². The van der Waals surface area contributed by atoms with E-state index < -0.39 is 10.0 Å². The van der Waals surface area contributed by atoms with E-state index >= 15 is 0 Å². The van der Waals surface area contributed by atoms with Crippen molar-refractivity contribution in [1.82, 2.24) is 9.29 Å². The van der Waals surface area contributed by atoms with Gasteiger partial charge in [0, 0.05) is 41.7 Å². The molecule has 1 aromatic heterocycles. The summed E-state index contributed by atoms with van der Waals surface area (Å²) < 4.78 is 28.0. The lowest BCUT2D eigenvalue weighted by atomic mass is 9.76. The quantitative estimate of drug-likeness (QED) is 0.844. The monoisotopic (exact) mass is 388 g/mol. The Bertz CT molecular complexity index is 1030. The zero-order valence-electron chi connectivity index (χ0n) is 16.6. The van der Waals surface area contributed by atoms with Crippen molar-refractivity contribution in [2.24, 2.45) is 11.3 Å². The molecule has 1 aliphatic carbocycles. The number of benzene rings is 1. The maximum Gasteiger partial charge on any atom is 0.243 e. The topological polar surface area (TPSA) is 70.2 Å². The van der Waals surface area contributed by atoms with Crippen LogP contribution in [-0.2, 0) is 16.4 Å². The van der Waals surface area contributed by atoms with Crippen molar-refractivity contribution in [3.63, 3.8) is 0 Å². The van der Waals surface area contributed by atoms with Gasteiger partial charge in [0.15, 0.2) is 5.78 Å². The maximum absolute atomic E-state index is 13.2. The number of carbonyl (C=O) groups excluding carboxylic acids is 1. The molecule has 2 aromatic rings. The molecule has 1 saturated heterocycles. The van der Waals surface area contributed by atoms with Gasteiger partial charge in [0.05, 0.1) is 4.90 Å². The van der Waals surface area contributed by atoms with Crippen molar-refractivity contribution < 1.29 is 13.2 Å². The number of sulfonamides is 1. The van der Waals surface area contributed by atoms with Crippen LogP contribution in [0.5, 0.6) is 0 Å². The van der Waals surface area contributed by atoms with Crippen LogP contribution in [0.1, 0.15) is 61.6 Å². The predicted molar refractivity (Wildman–Crippen MR) is 107 cm³/mol. The van der Waals surface area contributed by atoms with Gasteiger partial charge in [-0.05, 0) is 55.2 Å². The van der Waals surface area contributed by atoms with Gasteiger partial charge in [-0.15, -0.1) is 0 Å². The molecule has 6 heteroatoms. The first kappa shape index (κ1) is 18.7. The minimum absolute atomic E-state index is 0.0700. The Morgan fingerprint density at radius 1 is 1.15 bits per heavy atom. The first-order valence-corrected chi connectivity index (χ1v) is 11.2. The first-order valence-electron chi connectivity index (χ1n) is 9.77. The molecule has 1 aromatic carbocycles. The van der Waals surface area contributed by atoms with Crippen LogP contribution in [0.25, 0.3) is 10.9 Å². The molecule has 1 aliphatic heterocycles. The molecule has 1 fully saturated rings. The minimum atomic E-state index is -3.52. The average molecular weight is 389 g/mol. The van der Waals surface area contributed by atoms with Gasteiger partial charge in [0.1, 0.15) is 0 Å². The number of nitrogens with one attached hydrogen (secondary N) is 1. The number of aryl methyl sites for hydroxylation is 1. The normalized spacial score (nSPS) is 21.6. The van der Waals surface area contributed by atoms with Crippen molar-refractivity contribution in [2.75, 3.05) is 13.1 Å². The van der Waals surface area contributed by atoms with Crippen LogP contribution in [0, 0.1) is 18.3 Å². The molecule has 4 rings (SSSR count). The fraction of sp³-hybridized carbons (Fsp3) is 0.571. The number of hydrogen-bond donors (Lipinski definition) is 1. The van der Waals surface area contributed by atoms with E-state index in [1.165, 1.54) is 0 Å². The van der Waals surface area contributed by atoms with Crippen LogP contribution in [0.3, 0.4) is 0 Å². The van der Waals surface area contributed by atoms with Crippen molar-refractivity contribution in [2.45, 2.75) is 58.3 Å². The van der Waals surface area contributed by atoms with Crippen LogP contribution in [0.2, 0.25) is 0 Å². The number of nitrogens with zero attached hydrogens (tertiary/aromatic N) is 1. The van der Waals surface area contributed by atoms with Gasteiger partial charge in [0.25, 0.3) is 0 Å². The van der Waals surface area contributed by atoms with E-state index in [4.69, 9.17) is 0 Å². The largest absolute Gasteiger partial charge is 0.358 e. The number of carbonyl (C=O) groups is 1. The smallest absolute Gasteiger partial charge is 0.243 e. The number of ketones is 1. The highest BCUT2D eigenvalue weighted by Crippen LogP contribution is 2.39. The molecule has 1 N–H and O–H groups in total. The van der Waals surface area contributed by atoms with Crippen LogP contribution in [0.15, 0.2) is 17.0 Å². The summed E-state index contributed by atoms with van der Waals surface area (Å²) in [6, 6.07) is 3.61. The van der Waals surface area contributed by atoms with Gasteiger partial charge in [-0.2, -0.15) is 4.31 Å². The van der Waals surface area contributed by atoms with E-state index in [9.17, 15) is 13.2 Å². The van der Waals surface area contributed by atoms with Crippen LogP contribution >= 0.6 is 0 Å². The van der Waals surface area contributed by atoms with Crippen LogP contribution < -0.4 is 0 Å². The Kier molecular flexibility index (Phi) is 4.27. The Balaban J connectivity index is 1.80. The van der Waals surface area contributed by atoms with Crippen LogP contribution in [0.4, 0.5) is 0 Å². The number of rotatable bonds is 2. The zero-order chi connectivity index (χ0) is 19.6. The fourth-order valence-electron chi connectivity index (χ4n) is 4.54. The fourth-order valence-corrected chi connectivity index (χ4v) is 6.25. The molecular weight excluding hydrogens is 360 g/mol. The number of hydrogen-bond acceptors (Lipinski definition) is 3. The van der Waals surface area contributed by atoms with E-state index in [1.807, 2.05) is 13.0 Å². The summed E-state index contributed by atoms with van der Waals surface area (Å²) >= 11 is 0. The molecule has 0 spiro atoms. The summed E-state index contributed by atoms with van der Waals surface area (Å²) in [6.45, 7) is 9.35. The van der Waals surface area contributed by atoms with Gasteiger partial charge in [-0.3, -0.25) is 4.79 Å². The summed E-state index contributed by atoms with van der Waals surface area (Å²) in [4.78, 5) is 16.4. The summed E-state index contributed by atoms with van der Waals surface area (Å²) in [5.74, 6) is 0.719. The maximum atomic E-state index is 13.2. The van der Waals surface area contributed by atoms with Gasteiger partial charge < -0.3 is 4.98 Å². The van der Waals surface area contributed by atoms with Gasteiger partial charge in [-0.1, -0.05) is 20.8 Å². The molecule has 5 nitrogen and oxygen atoms in total. The van der Waals surface area contributed by atoms with Crippen molar-refractivity contribution in [1.29, 1.82) is 0 Å². The molecule has 0 saturated carbocycles. The molecule has 2 aliphatic rings. The Hall–Kier alpha value is -1.66. The van der Waals surface area contributed by atoms with E-state index in [1.54, 1.807) is 10.4 Å². The second kappa shape index (κ2) is 6.17. The van der Waals surface area contributed by atoms with Gasteiger partial charge in [0.2, 0.25) is 10.0 Å². The molecule has 0 radical (unpaired) electrons. The molecule has 0 amide bonds. The number of aromatic amines is 1. The van der Waals surface area contributed by atoms with Gasteiger partial charge >= 0.3 is 0 Å². The second-order valence-electron chi connectivity index (χ2n) is 9.17. The molecule has 0 unspecified atom stereocenters. The number of H-pyrrole nitrogens is 1. The second-order valence-corrected chi connectivity index (χ2v) is 11.1. The standard InChI is InChI=1S/C21H28N2O3S/c1-13-5-7-23(8-6-13)27(25,26)19-10-16-15(9-14(19)2)20-17(22-16)11-21(3,4)12-18(20)24/h9-10,13,22H,5-8,11-12H2,1-4H3. The zero-order valence-corrected chi connectivity index (χ0v) is 17.4. The van der Waals surface area contributed by atoms with Gasteiger partial charge in [-0.25, -0.2) is 8.42 Å². The molecular formula is C21H28N2O3S. The lowest BCUT2D eigenvalue weighted by Crippen LogP contribution is -2.38. The SMILES string of the molecule is Cc1cc2c3c([nH]c2cc1S(=O)(=O)N1CCC(C)CC1)CC(C)(C)CC3=O. The summed E-state index contributed by atoms with van der Waals surface area (Å²) in [5.41, 5.74) is 3.08. The van der Waals surface area contributed by atoms with E-state index in [0.29, 0.717) is 35.9 Å². The highest BCUT2D eigenvalue weighted by molar-refractivity contribution is 7.89. The molecule has 146 valence electrons. The molecule has 2 heterocycles.